The number of allylic oxidation sites excluding steroid dienone is 5. The standard InChI is InChI=1S/C17H18/c1-17(2,3)14-8-9-16-13(11-14)10-12-6-4-5-7-15(12)16/h4-11,15H,1-3H3. The second kappa shape index (κ2) is 3.46. The number of hydrogen-bond acceptors (Lipinski definition) is 0. The SMILES string of the molecule is CC(C)(C)c1ccc2c(c1)C=C1C=CC=CC12. The highest BCUT2D eigenvalue weighted by Crippen LogP contribution is 2.40. The van der Waals surface area contributed by atoms with Gasteiger partial charge < -0.3 is 0 Å². The first kappa shape index (κ1) is 10.6. The quantitative estimate of drug-likeness (QED) is 0.602. The molecular weight excluding hydrogens is 204 g/mol. The first-order valence-electron chi connectivity index (χ1n) is 6.26. The van der Waals surface area contributed by atoms with Gasteiger partial charge in [-0.25, -0.2) is 0 Å². The Kier molecular flexibility index (Phi) is 2.16. The Balaban J connectivity index is 2.10. The molecule has 0 heterocycles. The van der Waals surface area contributed by atoms with Crippen LogP contribution in [0.3, 0.4) is 0 Å². The number of rotatable bonds is 0. The van der Waals surface area contributed by atoms with E-state index in [-0.39, 0.29) is 5.41 Å². The zero-order valence-electron chi connectivity index (χ0n) is 10.7. The van der Waals surface area contributed by atoms with E-state index in [1.807, 2.05) is 0 Å². The van der Waals surface area contributed by atoms with Crippen LogP contribution in [0.25, 0.3) is 6.08 Å². The molecule has 0 aromatic heterocycles. The summed E-state index contributed by atoms with van der Waals surface area (Å²) in [6.45, 7) is 6.80. The van der Waals surface area contributed by atoms with Crippen molar-refractivity contribution in [1.29, 1.82) is 0 Å². The first-order chi connectivity index (χ1) is 8.05. The van der Waals surface area contributed by atoms with Crippen LogP contribution in [0.4, 0.5) is 0 Å². The molecule has 1 aromatic carbocycles. The van der Waals surface area contributed by atoms with E-state index < -0.39 is 0 Å². The summed E-state index contributed by atoms with van der Waals surface area (Å²) in [5, 5.41) is 0. The van der Waals surface area contributed by atoms with Crippen molar-refractivity contribution in [1.82, 2.24) is 0 Å². The Morgan fingerprint density at radius 2 is 1.88 bits per heavy atom. The van der Waals surface area contributed by atoms with E-state index in [2.05, 4.69) is 69.4 Å². The van der Waals surface area contributed by atoms with Gasteiger partial charge in [0.25, 0.3) is 0 Å². The van der Waals surface area contributed by atoms with Crippen molar-refractivity contribution < 1.29 is 0 Å². The normalized spacial score (nSPS) is 21.1. The fourth-order valence-corrected chi connectivity index (χ4v) is 2.61. The van der Waals surface area contributed by atoms with Gasteiger partial charge >= 0.3 is 0 Å². The van der Waals surface area contributed by atoms with Crippen LogP contribution in [0, 0.1) is 0 Å². The zero-order valence-corrected chi connectivity index (χ0v) is 10.7. The first-order valence-corrected chi connectivity index (χ1v) is 6.26. The van der Waals surface area contributed by atoms with Gasteiger partial charge in [-0.2, -0.15) is 0 Å². The molecule has 1 unspecified atom stereocenters. The van der Waals surface area contributed by atoms with Gasteiger partial charge in [-0.15, -0.1) is 0 Å². The molecule has 0 saturated heterocycles. The number of hydrogen-bond donors (Lipinski definition) is 0. The van der Waals surface area contributed by atoms with Gasteiger partial charge in [0.05, 0.1) is 0 Å². The lowest BCUT2D eigenvalue weighted by Gasteiger charge is -2.20. The van der Waals surface area contributed by atoms with Gasteiger partial charge in [0.15, 0.2) is 0 Å². The van der Waals surface area contributed by atoms with E-state index in [1.54, 1.807) is 0 Å². The highest BCUT2D eigenvalue weighted by molar-refractivity contribution is 5.72. The molecule has 0 spiro atoms. The summed E-state index contributed by atoms with van der Waals surface area (Å²) in [4.78, 5) is 0. The predicted octanol–water partition coefficient (Wildman–Crippen LogP) is 4.59. The van der Waals surface area contributed by atoms with E-state index in [0.29, 0.717) is 5.92 Å². The zero-order chi connectivity index (χ0) is 12.0. The summed E-state index contributed by atoms with van der Waals surface area (Å²) >= 11 is 0. The number of benzene rings is 1. The fourth-order valence-electron chi connectivity index (χ4n) is 2.61. The maximum atomic E-state index is 2.35. The van der Waals surface area contributed by atoms with Crippen LogP contribution in [0.1, 0.15) is 43.4 Å². The van der Waals surface area contributed by atoms with Crippen LogP contribution in [0.5, 0.6) is 0 Å². The van der Waals surface area contributed by atoms with E-state index >= 15 is 0 Å². The third kappa shape index (κ3) is 1.68. The smallest absolute Gasteiger partial charge is 0.0278 e. The molecule has 2 aliphatic carbocycles. The Hall–Kier alpha value is -1.56. The lowest BCUT2D eigenvalue weighted by Crippen LogP contribution is -2.11. The largest absolute Gasteiger partial charge is 0.0726 e. The van der Waals surface area contributed by atoms with Crippen molar-refractivity contribution in [2.45, 2.75) is 32.1 Å². The topological polar surface area (TPSA) is 0 Å². The van der Waals surface area contributed by atoms with Crippen LogP contribution in [0.2, 0.25) is 0 Å². The molecule has 0 bridgehead atoms. The molecule has 86 valence electrons. The molecule has 17 heavy (non-hydrogen) atoms. The average Bonchev–Trinajstić information content (AvgIpc) is 2.65. The van der Waals surface area contributed by atoms with Gasteiger partial charge in [-0.1, -0.05) is 69.4 Å². The summed E-state index contributed by atoms with van der Waals surface area (Å²) in [6.07, 6.45) is 11.1. The Morgan fingerprint density at radius 1 is 1.06 bits per heavy atom. The summed E-state index contributed by atoms with van der Waals surface area (Å²) < 4.78 is 0. The van der Waals surface area contributed by atoms with E-state index in [1.165, 1.54) is 22.3 Å². The highest BCUT2D eigenvalue weighted by atomic mass is 14.3. The minimum Gasteiger partial charge on any atom is -0.0726 e. The van der Waals surface area contributed by atoms with Gasteiger partial charge in [0.1, 0.15) is 0 Å². The van der Waals surface area contributed by atoms with Crippen molar-refractivity contribution >= 4 is 6.08 Å². The minimum atomic E-state index is 0.229. The van der Waals surface area contributed by atoms with E-state index in [9.17, 15) is 0 Å². The molecule has 0 nitrogen and oxygen atoms in total. The molecule has 0 aliphatic heterocycles. The molecule has 0 radical (unpaired) electrons. The van der Waals surface area contributed by atoms with E-state index in [0.717, 1.165) is 0 Å². The van der Waals surface area contributed by atoms with Crippen LogP contribution in [0.15, 0.2) is 48.1 Å². The third-order valence-corrected chi connectivity index (χ3v) is 3.67. The third-order valence-electron chi connectivity index (χ3n) is 3.67. The summed E-state index contributed by atoms with van der Waals surface area (Å²) in [5.74, 6) is 0.490. The molecule has 0 N–H and O–H groups in total. The average molecular weight is 222 g/mol. The second-order valence-corrected chi connectivity index (χ2v) is 5.96. The van der Waals surface area contributed by atoms with Crippen molar-refractivity contribution in [2.75, 3.05) is 0 Å². The summed E-state index contributed by atoms with van der Waals surface area (Å²) in [5.41, 5.74) is 5.92. The Bertz CT molecular complexity index is 548. The second-order valence-electron chi connectivity index (χ2n) is 5.96. The molecule has 0 amide bonds. The Labute approximate surface area is 103 Å². The predicted molar refractivity (Wildman–Crippen MR) is 74.1 cm³/mol. The van der Waals surface area contributed by atoms with Crippen molar-refractivity contribution in [3.8, 4) is 0 Å². The van der Waals surface area contributed by atoms with Crippen molar-refractivity contribution in [3.05, 3.63) is 64.8 Å². The molecule has 1 aromatic rings. The van der Waals surface area contributed by atoms with Crippen LogP contribution in [-0.2, 0) is 5.41 Å². The molecule has 0 heteroatoms. The number of fused-ring (bicyclic) bond motifs is 3. The molecule has 1 atom stereocenters. The van der Waals surface area contributed by atoms with Gasteiger partial charge in [0.2, 0.25) is 0 Å². The van der Waals surface area contributed by atoms with Crippen LogP contribution >= 0.6 is 0 Å². The van der Waals surface area contributed by atoms with Gasteiger partial charge in [-0.3, -0.25) is 0 Å². The molecule has 3 rings (SSSR count). The summed E-state index contributed by atoms with van der Waals surface area (Å²) in [6, 6.07) is 6.93. The molecule has 2 aliphatic rings. The van der Waals surface area contributed by atoms with Gasteiger partial charge in [-0.05, 0) is 27.7 Å². The molecule has 0 saturated carbocycles. The van der Waals surface area contributed by atoms with Crippen LogP contribution in [-0.4, -0.2) is 0 Å². The monoisotopic (exact) mass is 222 g/mol. The maximum Gasteiger partial charge on any atom is 0.0278 e. The van der Waals surface area contributed by atoms with Gasteiger partial charge in [0, 0.05) is 5.92 Å². The molecular formula is C17H18. The van der Waals surface area contributed by atoms with Crippen LogP contribution < -0.4 is 0 Å². The lowest BCUT2D eigenvalue weighted by molar-refractivity contribution is 0.590. The van der Waals surface area contributed by atoms with Crippen molar-refractivity contribution in [3.63, 3.8) is 0 Å². The lowest BCUT2D eigenvalue weighted by atomic mass is 9.84. The Morgan fingerprint density at radius 3 is 2.65 bits per heavy atom. The fraction of sp³-hybridized carbons (Fsp3) is 0.294. The molecule has 0 fully saturated rings. The maximum absolute atomic E-state index is 2.35. The summed E-state index contributed by atoms with van der Waals surface area (Å²) in [7, 11) is 0. The minimum absolute atomic E-state index is 0.229. The highest BCUT2D eigenvalue weighted by Gasteiger charge is 2.24. The van der Waals surface area contributed by atoms with Crippen molar-refractivity contribution in [2.24, 2.45) is 0 Å². The van der Waals surface area contributed by atoms with E-state index in [4.69, 9.17) is 0 Å².